The summed E-state index contributed by atoms with van der Waals surface area (Å²) in [5.74, 6) is 0. The van der Waals surface area contributed by atoms with Crippen molar-refractivity contribution in [3.05, 3.63) is 64.8 Å². The summed E-state index contributed by atoms with van der Waals surface area (Å²) in [5, 5.41) is 1.05. The zero-order valence-electron chi connectivity index (χ0n) is 14.2. The molecule has 2 aromatic carbocycles. The number of rotatable bonds is 1. The number of hydrogen-bond donors (Lipinski definition) is 0. The molecule has 0 atom stereocenters. The van der Waals surface area contributed by atoms with E-state index >= 15 is 0 Å². The number of fused-ring (bicyclic) bond motifs is 3. The molecular weight excluding hydrogens is 325 g/mol. The molecule has 0 amide bonds. The fourth-order valence-corrected chi connectivity index (χ4v) is 3.79. The molecule has 0 spiro atoms. The van der Waals surface area contributed by atoms with Crippen molar-refractivity contribution in [1.29, 1.82) is 0 Å². The zero-order chi connectivity index (χ0) is 17.8. The average Bonchev–Trinajstić information content (AvgIpc) is 2.87. The molecule has 3 aromatic rings. The van der Waals surface area contributed by atoms with E-state index in [0.29, 0.717) is 0 Å². The van der Waals surface area contributed by atoms with Gasteiger partial charge in [-0.25, -0.2) is 0 Å². The first-order valence-corrected chi connectivity index (χ1v) is 8.34. The lowest BCUT2D eigenvalue weighted by atomic mass is 10.0. The minimum absolute atomic E-state index is 0.217. The van der Waals surface area contributed by atoms with Gasteiger partial charge in [0.25, 0.3) is 0 Å². The lowest BCUT2D eigenvalue weighted by molar-refractivity contribution is -0.137. The molecule has 4 rings (SSSR count). The van der Waals surface area contributed by atoms with Crippen molar-refractivity contribution in [2.75, 3.05) is 13.6 Å². The molecule has 0 radical (unpaired) electrons. The zero-order valence-corrected chi connectivity index (χ0v) is 14.2. The number of para-hydroxylation sites is 1. The van der Waals surface area contributed by atoms with E-state index in [1.807, 2.05) is 30.7 Å². The van der Waals surface area contributed by atoms with Crippen LogP contribution in [-0.2, 0) is 19.1 Å². The fraction of sp³-hybridized carbons (Fsp3) is 0.300. The minimum Gasteiger partial charge on any atom is -0.313 e. The highest BCUT2D eigenvalue weighted by Gasteiger charge is 2.35. The Balaban J connectivity index is 2.07. The van der Waals surface area contributed by atoms with Gasteiger partial charge in [-0.3, -0.25) is 0 Å². The monoisotopic (exact) mass is 344 g/mol. The molecule has 0 N–H and O–H groups in total. The first-order chi connectivity index (χ1) is 11.9. The summed E-state index contributed by atoms with van der Waals surface area (Å²) in [6.45, 7) is 3.62. The van der Waals surface area contributed by atoms with Crippen LogP contribution in [0.5, 0.6) is 0 Å². The number of likely N-dealkylation sites (N-methyl/N-ethyl adjacent to an activating group) is 1. The Morgan fingerprint density at radius 2 is 1.80 bits per heavy atom. The Bertz CT molecular complexity index is 953. The van der Waals surface area contributed by atoms with E-state index in [4.69, 9.17) is 0 Å². The van der Waals surface area contributed by atoms with Crippen LogP contribution in [0.2, 0.25) is 0 Å². The van der Waals surface area contributed by atoms with E-state index in [9.17, 15) is 13.2 Å². The predicted molar refractivity (Wildman–Crippen MR) is 93.1 cm³/mol. The highest BCUT2D eigenvalue weighted by molar-refractivity contribution is 5.88. The van der Waals surface area contributed by atoms with Crippen molar-refractivity contribution in [2.24, 2.45) is 0 Å². The largest absolute Gasteiger partial charge is 0.418 e. The number of aromatic nitrogens is 1. The number of alkyl halides is 3. The minimum atomic E-state index is -4.38. The van der Waals surface area contributed by atoms with E-state index in [1.165, 1.54) is 6.07 Å². The Morgan fingerprint density at radius 1 is 1.04 bits per heavy atom. The smallest absolute Gasteiger partial charge is 0.313 e. The van der Waals surface area contributed by atoms with Gasteiger partial charge < -0.3 is 9.47 Å². The van der Waals surface area contributed by atoms with Crippen molar-refractivity contribution in [3.63, 3.8) is 0 Å². The molecule has 0 saturated heterocycles. The van der Waals surface area contributed by atoms with Gasteiger partial charge in [0.1, 0.15) is 0 Å². The second-order valence-corrected chi connectivity index (χ2v) is 6.78. The summed E-state index contributed by atoms with van der Waals surface area (Å²) in [7, 11) is 2.05. The molecule has 1 aromatic heterocycles. The fourth-order valence-electron chi connectivity index (χ4n) is 3.79. The summed E-state index contributed by atoms with van der Waals surface area (Å²) in [6, 6.07) is 11.8. The topological polar surface area (TPSA) is 8.17 Å². The van der Waals surface area contributed by atoms with Crippen LogP contribution in [-0.4, -0.2) is 23.1 Å². The third-order valence-electron chi connectivity index (χ3n) is 4.95. The van der Waals surface area contributed by atoms with Crippen molar-refractivity contribution in [2.45, 2.75) is 26.1 Å². The van der Waals surface area contributed by atoms with Crippen molar-refractivity contribution in [1.82, 2.24) is 9.47 Å². The third-order valence-corrected chi connectivity index (χ3v) is 4.95. The maximum absolute atomic E-state index is 13.6. The Morgan fingerprint density at radius 3 is 2.56 bits per heavy atom. The second-order valence-electron chi connectivity index (χ2n) is 6.78. The Hall–Kier alpha value is -2.27. The number of nitrogens with zero attached hydrogens (tertiary/aromatic N) is 2. The van der Waals surface area contributed by atoms with E-state index in [1.54, 1.807) is 12.1 Å². The van der Waals surface area contributed by atoms with Gasteiger partial charge in [-0.1, -0.05) is 23.8 Å². The number of hydrogen-bond acceptors (Lipinski definition) is 1. The molecule has 2 heterocycles. The highest BCUT2D eigenvalue weighted by Crippen LogP contribution is 2.39. The van der Waals surface area contributed by atoms with Crippen LogP contribution < -0.4 is 0 Å². The molecule has 5 heteroatoms. The third kappa shape index (κ3) is 2.63. The van der Waals surface area contributed by atoms with Crippen molar-refractivity contribution < 1.29 is 13.2 Å². The summed E-state index contributed by atoms with van der Waals surface area (Å²) >= 11 is 0. The summed E-state index contributed by atoms with van der Waals surface area (Å²) in [4.78, 5) is 2.21. The molecule has 0 unspecified atom stereocenters. The van der Waals surface area contributed by atoms with Crippen LogP contribution in [0.1, 0.15) is 22.4 Å². The predicted octanol–water partition coefficient (Wildman–Crippen LogP) is 4.95. The first-order valence-electron chi connectivity index (χ1n) is 8.34. The summed E-state index contributed by atoms with van der Waals surface area (Å²) in [6.07, 6.45) is -3.64. The molecule has 0 aliphatic carbocycles. The van der Waals surface area contributed by atoms with Gasteiger partial charge in [-0.2, -0.15) is 13.2 Å². The Labute approximate surface area is 144 Å². The summed E-state index contributed by atoms with van der Waals surface area (Å²) in [5.41, 5.74) is 3.73. The van der Waals surface area contributed by atoms with E-state index in [0.717, 1.165) is 53.3 Å². The maximum atomic E-state index is 13.6. The lowest BCUT2D eigenvalue weighted by Crippen LogP contribution is -2.27. The van der Waals surface area contributed by atoms with E-state index in [2.05, 4.69) is 11.0 Å². The molecule has 0 saturated carbocycles. The number of benzene rings is 2. The Kier molecular flexibility index (Phi) is 3.65. The molecule has 0 bridgehead atoms. The van der Waals surface area contributed by atoms with Crippen LogP contribution in [0.3, 0.4) is 0 Å². The highest BCUT2D eigenvalue weighted by atomic mass is 19.4. The lowest BCUT2D eigenvalue weighted by Gasteiger charge is -2.25. The van der Waals surface area contributed by atoms with Crippen LogP contribution >= 0.6 is 0 Å². The molecule has 2 nitrogen and oxygen atoms in total. The van der Waals surface area contributed by atoms with Crippen LogP contribution in [0.15, 0.2) is 42.5 Å². The average molecular weight is 344 g/mol. The van der Waals surface area contributed by atoms with Gasteiger partial charge >= 0.3 is 6.18 Å². The SMILES string of the molecule is Cc1ccc2c(c1)c1c(n2-c2ccccc2C(F)(F)F)CCN(C)C1. The van der Waals surface area contributed by atoms with Crippen molar-refractivity contribution in [3.8, 4) is 5.69 Å². The quantitative estimate of drug-likeness (QED) is 0.607. The van der Waals surface area contributed by atoms with Gasteiger partial charge in [0, 0.05) is 30.6 Å². The van der Waals surface area contributed by atoms with Gasteiger partial charge in [0.05, 0.1) is 16.8 Å². The van der Waals surface area contributed by atoms with E-state index < -0.39 is 11.7 Å². The molecular formula is C20H19F3N2. The van der Waals surface area contributed by atoms with Gasteiger partial charge in [-0.15, -0.1) is 0 Å². The van der Waals surface area contributed by atoms with Crippen molar-refractivity contribution >= 4 is 10.9 Å². The van der Waals surface area contributed by atoms with Gasteiger partial charge in [0.2, 0.25) is 0 Å². The molecule has 1 aliphatic heterocycles. The molecule has 25 heavy (non-hydrogen) atoms. The normalized spacial score (nSPS) is 15.6. The standard InChI is InChI=1S/C20H19F3N2/c1-13-7-8-17-14(11-13)15-12-24(2)10-9-18(15)25(17)19-6-4-3-5-16(19)20(21,22)23/h3-8,11H,9-10,12H2,1-2H3. The molecule has 1 aliphatic rings. The van der Waals surface area contributed by atoms with Crippen LogP contribution in [0.4, 0.5) is 13.2 Å². The molecule has 0 fully saturated rings. The van der Waals surface area contributed by atoms with Gasteiger partial charge in [-0.05, 0) is 43.8 Å². The van der Waals surface area contributed by atoms with Crippen LogP contribution in [0.25, 0.3) is 16.6 Å². The first kappa shape index (κ1) is 16.2. The summed E-state index contributed by atoms with van der Waals surface area (Å²) < 4.78 is 42.6. The maximum Gasteiger partial charge on any atom is 0.418 e. The number of halogens is 3. The number of aryl methyl sites for hydroxylation is 1. The van der Waals surface area contributed by atoms with Gasteiger partial charge in [0.15, 0.2) is 0 Å². The second kappa shape index (κ2) is 5.63. The van der Waals surface area contributed by atoms with Crippen LogP contribution in [0, 0.1) is 6.92 Å². The van der Waals surface area contributed by atoms with E-state index in [-0.39, 0.29) is 5.69 Å². The molecule has 130 valence electrons.